The average molecular weight is 373 g/mol. The number of hydrogen-bond donors (Lipinski definition) is 2. The fraction of sp³-hybridized carbons (Fsp3) is 0.368. The van der Waals surface area contributed by atoms with Gasteiger partial charge in [-0.25, -0.2) is 9.50 Å². The third kappa shape index (κ3) is 3.28. The Bertz CT molecular complexity index is 935. The first-order chi connectivity index (χ1) is 12.7. The Morgan fingerprint density at radius 1 is 1.38 bits per heavy atom. The minimum Gasteiger partial charge on any atom is -0.488 e. The number of aryl methyl sites for hydroxylation is 1. The highest BCUT2D eigenvalue weighted by molar-refractivity contribution is 6.31. The lowest BCUT2D eigenvalue weighted by atomic mass is 10.0. The van der Waals surface area contributed by atoms with E-state index in [0.29, 0.717) is 5.02 Å². The van der Waals surface area contributed by atoms with Crippen molar-refractivity contribution in [1.29, 1.82) is 0 Å². The smallest absolute Gasteiger partial charge is 0.137 e. The van der Waals surface area contributed by atoms with Crippen molar-refractivity contribution in [2.45, 2.75) is 32.5 Å². The number of fused-ring (bicyclic) bond motifs is 1. The largest absolute Gasteiger partial charge is 0.488 e. The number of piperidine rings is 1. The van der Waals surface area contributed by atoms with Gasteiger partial charge in [0.2, 0.25) is 0 Å². The van der Waals surface area contributed by atoms with Crippen LogP contribution in [0.1, 0.15) is 24.0 Å². The second-order valence-corrected chi connectivity index (χ2v) is 7.07. The average Bonchev–Trinajstić information content (AvgIpc) is 3.08. The van der Waals surface area contributed by atoms with Gasteiger partial charge in [-0.15, -0.1) is 0 Å². The first kappa shape index (κ1) is 17.3. The van der Waals surface area contributed by atoms with Crippen LogP contribution >= 0.6 is 11.6 Å². The maximum Gasteiger partial charge on any atom is 0.137 e. The van der Waals surface area contributed by atoms with E-state index in [1.54, 1.807) is 10.7 Å². The fourth-order valence-electron chi connectivity index (χ4n) is 3.43. The Morgan fingerprint density at radius 2 is 2.27 bits per heavy atom. The minimum atomic E-state index is -0.0471. The Hall–Kier alpha value is -2.15. The molecule has 1 aliphatic heterocycles. The van der Waals surface area contributed by atoms with Gasteiger partial charge in [-0.3, -0.25) is 0 Å². The highest BCUT2D eigenvalue weighted by atomic mass is 35.5. The third-order valence-corrected chi connectivity index (χ3v) is 4.89. The molecule has 1 atom stereocenters. The number of halogens is 1. The summed E-state index contributed by atoms with van der Waals surface area (Å²) in [5, 5.41) is 17.7. The van der Waals surface area contributed by atoms with Crippen molar-refractivity contribution >= 4 is 17.1 Å². The van der Waals surface area contributed by atoms with Crippen molar-refractivity contribution < 1.29 is 9.84 Å². The molecular formula is C19H21ClN4O2. The van der Waals surface area contributed by atoms with Crippen LogP contribution in [0.2, 0.25) is 5.02 Å². The summed E-state index contributed by atoms with van der Waals surface area (Å²) < 4.78 is 8.09. The summed E-state index contributed by atoms with van der Waals surface area (Å²) >= 11 is 6.34. The molecule has 0 radical (unpaired) electrons. The summed E-state index contributed by atoms with van der Waals surface area (Å²) in [6.07, 6.45) is 5.55. The van der Waals surface area contributed by atoms with Crippen molar-refractivity contribution in [2.24, 2.45) is 0 Å². The van der Waals surface area contributed by atoms with Gasteiger partial charge < -0.3 is 15.2 Å². The van der Waals surface area contributed by atoms with E-state index in [1.807, 2.05) is 25.1 Å². The Kier molecular flexibility index (Phi) is 4.80. The van der Waals surface area contributed by atoms with Crippen LogP contribution in [0.3, 0.4) is 0 Å². The molecule has 1 unspecified atom stereocenters. The van der Waals surface area contributed by atoms with Gasteiger partial charge in [-0.05, 0) is 55.6 Å². The molecule has 3 heterocycles. The van der Waals surface area contributed by atoms with Gasteiger partial charge in [0.1, 0.15) is 23.9 Å². The number of rotatable bonds is 4. The molecule has 3 aromatic rings. The summed E-state index contributed by atoms with van der Waals surface area (Å²) in [6, 6.07) is 5.68. The minimum absolute atomic E-state index is 0.0471. The van der Waals surface area contributed by atoms with E-state index >= 15 is 0 Å². The lowest BCUT2D eigenvalue weighted by Gasteiger charge is -2.26. The van der Waals surface area contributed by atoms with Crippen LogP contribution in [0.5, 0.6) is 5.75 Å². The first-order valence-corrected chi connectivity index (χ1v) is 9.14. The standard InChI is InChI=1S/C19H21ClN4O2/c1-12-5-14(20)7-16(19(12)26-15-3-2-4-21-8-15)18-17-6-13(10-25)9-24(17)23-11-22-18/h5-7,9,11,15,21,25H,2-4,8,10H2,1H3. The lowest BCUT2D eigenvalue weighted by molar-refractivity contribution is 0.167. The van der Waals surface area contributed by atoms with Gasteiger partial charge in [0.15, 0.2) is 0 Å². The molecule has 1 fully saturated rings. The zero-order chi connectivity index (χ0) is 18.1. The normalized spacial score (nSPS) is 17.6. The van der Waals surface area contributed by atoms with E-state index in [4.69, 9.17) is 16.3 Å². The maximum atomic E-state index is 9.44. The number of ether oxygens (including phenoxy) is 1. The number of aliphatic hydroxyl groups is 1. The van der Waals surface area contributed by atoms with Crippen molar-refractivity contribution in [1.82, 2.24) is 19.9 Å². The van der Waals surface area contributed by atoms with E-state index in [0.717, 1.165) is 59.6 Å². The summed E-state index contributed by atoms with van der Waals surface area (Å²) in [5.74, 6) is 0.801. The molecule has 0 bridgehead atoms. The van der Waals surface area contributed by atoms with Gasteiger partial charge in [0.25, 0.3) is 0 Å². The highest BCUT2D eigenvalue weighted by Gasteiger charge is 2.21. The number of aliphatic hydroxyl groups excluding tert-OH is 1. The van der Waals surface area contributed by atoms with E-state index in [-0.39, 0.29) is 12.7 Å². The van der Waals surface area contributed by atoms with Gasteiger partial charge in [-0.2, -0.15) is 5.10 Å². The van der Waals surface area contributed by atoms with Gasteiger partial charge in [0, 0.05) is 23.3 Å². The monoisotopic (exact) mass is 372 g/mol. The molecule has 1 saturated heterocycles. The van der Waals surface area contributed by atoms with Crippen LogP contribution in [-0.4, -0.2) is 38.9 Å². The van der Waals surface area contributed by atoms with E-state index in [9.17, 15) is 5.11 Å². The molecule has 0 aliphatic carbocycles. The van der Waals surface area contributed by atoms with E-state index in [2.05, 4.69) is 15.4 Å². The topological polar surface area (TPSA) is 71.7 Å². The Balaban J connectivity index is 1.84. The predicted octanol–water partition coefficient (Wildman–Crippen LogP) is 2.98. The van der Waals surface area contributed by atoms with Crippen LogP contribution in [0.25, 0.3) is 16.8 Å². The van der Waals surface area contributed by atoms with Gasteiger partial charge in [-0.1, -0.05) is 11.6 Å². The van der Waals surface area contributed by atoms with E-state index < -0.39 is 0 Å². The van der Waals surface area contributed by atoms with Crippen LogP contribution < -0.4 is 10.1 Å². The summed E-state index contributed by atoms with van der Waals surface area (Å²) in [5.41, 5.74) is 4.15. The maximum absolute atomic E-state index is 9.44. The molecule has 0 saturated carbocycles. The lowest BCUT2D eigenvalue weighted by Crippen LogP contribution is -2.37. The zero-order valence-corrected chi connectivity index (χ0v) is 15.3. The first-order valence-electron chi connectivity index (χ1n) is 8.76. The van der Waals surface area contributed by atoms with Crippen molar-refractivity contribution in [2.75, 3.05) is 13.1 Å². The third-order valence-electron chi connectivity index (χ3n) is 4.68. The Morgan fingerprint density at radius 3 is 3.04 bits per heavy atom. The van der Waals surface area contributed by atoms with Crippen LogP contribution in [0.15, 0.2) is 30.7 Å². The summed E-state index contributed by atoms with van der Waals surface area (Å²) in [7, 11) is 0. The van der Waals surface area contributed by atoms with Crippen molar-refractivity contribution in [3.8, 4) is 17.0 Å². The number of nitrogens with zero attached hydrogens (tertiary/aromatic N) is 3. The predicted molar refractivity (Wildman–Crippen MR) is 101 cm³/mol. The number of benzene rings is 1. The molecule has 1 aliphatic rings. The second kappa shape index (κ2) is 7.23. The summed E-state index contributed by atoms with van der Waals surface area (Å²) in [4.78, 5) is 4.49. The van der Waals surface area contributed by atoms with Crippen LogP contribution in [-0.2, 0) is 6.61 Å². The number of hydrogen-bond acceptors (Lipinski definition) is 5. The fourth-order valence-corrected chi connectivity index (χ4v) is 3.70. The molecule has 2 N–H and O–H groups in total. The second-order valence-electron chi connectivity index (χ2n) is 6.63. The quantitative estimate of drug-likeness (QED) is 0.736. The molecule has 0 spiro atoms. The summed E-state index contributed by atoms with van der Waals surface area (Å²) in [6.45, 7) is 3.82. The molecule has 136 valence electrons. The van der Waals surface area contributed by atoms with Gasteiger partial charge >= 0.3 is 0 Å². The molecule has 2 aromatic heterocycles. The number of nitrogens with one attached hydrogen (secondary N) is 1. The molecule has 7 heteroatoms. The number of aromatic nitrogens is 3. The molecule has 6 nitrogen and oxygen atoms in total. The zero-order valence-electron chi connectivity index (χ0n) is 14.6. The SMILES string of the molecule is Cc1cc(Cl)cc(-c2ncnn3cc(CO)cc23)c1OC1CCCNC1. The molecule has 0 amide bonds. The molecule has 26 heavy (non-hydrogen) atoms. The van der Waals surface area contributed by atoms with E-state index in [1.165, 1.54) is 6.33 Å². The van der Waals surface area contributed by atoms with Crippen molar-refractivity contribution in [3.63, 3.8) is 0 Å². The van der Waals surface area contributed by atoms with Crippen LogP contribution in [0, 0.1) is 6.92 Å². The van der Waals surface area contributed by atoms with Crippen LogP contribution in [0.4, 0.5) is 0 Å². The Labute approximate surface area is 156 Å². The highest BCUT2D eigenvalue weighted by Crippen LogP contribution is 2.38. The molecule has 4 rings (SSSR count). The molecule has 1 aromatic carbocycles. The van der Waals surface area contributed by atoms with Gasteiger partial charge in [0.05, 0.1) is 12.1 Å². The molecular weight excluding hydrogens is 352 g/mol. The van der Waals surface area contributed by atoms with Crippen molar-refractivity contribution in [3.05, 3.63) is 46.9 Å².